The van der Waals surface area contributed by atoms with Crippen molar-refractivity contribution in [2.75, 3.05) is 13.7 Å². The van der Waals surface area contributed by atoms with Crippen LogP contribution in [0.1, 0.15) is 47.8 Å². The van der Waals surface area contributed by atoms with Crippen LogP contribution in [0.2, 0.25) is 0 Å². The highest BCUT2D eigenvalue weighted by atomic mass is 32.2. The Labute approximate surface area is 166 Å². The molecule has 0 saturated carbocycles. The van der Waals surface area contributed by atoms with Crippen molar-refractivity contribution in [1.29, 1.82) is 0 Å². The molecule has 1 aliphatic rings. The van der Waals surface area contributed by atoms with E-state index in [1.54, 1.807) is 6.07 Å². The lowest BCUT2D eigenvalue weighted by Gasteiger charge is -2.16. The van der Waals surface area contributed by atoms with E-state index < -0.39 is 10.0 Å². The summed E-state index contributed by atoms with van der Waals surface area (Å²) >= 11 is 0. The zero-order valence-electron chi connectivity index (χ0n) is 16.4. The van der Waals surface area contributed by atoms with Crippen LogP contribution in [0.3, 0.4) is 0 Å². The van der Waals surface area contributed by atoms with Gasteiger partial charge >= 0.3 is 0 Å². The zero-order valence-corrected chi connectivity index (χ0v) is 17.2. The molecule has 1 unspecified atom stereocenters. The quantitative estimate of drug-likeness (QED) is 0.746. The minimum Gasteiger partial charge on any atom is -0.495 e. The van der Waals surface area contributed by atoms with E-state index in [0.29, 0.717) is 6.54 Å². The highest BCUT2D eigenvalue weighted by Crippen LogP contribution is 2.31. The van der Waals surface area contributed by atoms with Crippen molar-refractivity contribution in [3.8, 4) is 5.75 Å². The SMILES string of the molecule is COc1ccc(C(=O)NC2CCc3ccccc32)cc1S(=O)(=O)NCC(C)C. The number of methoxy groups -OCH3 is 1. The number of ether oxygens (including phenoxy) is 1. The van der Waals surface area contributed by atoms with E-state index in [9.17, 15) is 13.2 Å². The Bertz CT molecular complexity index is 970. The zero-order chi connectivity index (χ0) is 20.3. The summed E-state index contributed by atoms with van der Waals surface area (Å²) in [5.74, 6) is 0.0679. The van der Waals surface area contributed by atoms with Crippen LogP contribution in [-0.2, 0) is 16.4 Å². The Hall–Kier alpha value is -2.38. The van der Waals surface area contributed by atoms with Crippen molar-refractivity contribution in [2.45, 2.75) is 37.6 Å². The average Bonchev–Trinajstić information content (AvgIpc) is 3.09. The summed E-state index contributed by atoms with van der Waals surface area (Å²) in [4.78, 5) is 12.8. The lowest BCUT2D eigenvalue weighted by Crippen LogP contribution is -2.29. The second kappa shape index (κ2) is 8.32. The number of carbonyl (C=O) groups excluding carboxylic acids is 1. The van der Waals surface area contributed by atoms with Gasteiger partial charge in [-0.25, -0.2) is 13.1 Å². The van der Waals surface area contributed by atoms with Crippen LogP contribution in [0.15, 0.2) is 47.4 Å². The number of hydrogen-bond acceptors (Lipinski definition) is 4. The molecule has 2 N–H and O–H groups in total. The Morgan fingerprint density at radius 3 is 2.68 bits per heavy atom. The molecule has 2 aromatic rings. The van der Waals surface area contributed by atoms with E-state index in [2.05, 4.69) is 16.1 Å². The molecule has 0 aliphatic heterocycles. The van der Waals surface area contributed by atoms with Crippen LogP contribution in [0.4, 0.5) is 0 Å². The van der Waals surface area contributed by atoms with Gasteiger partial charge in [-0.1, -0.05) is 38.1 Å². The van der Waals surface area contributed by atoms with Crippen LogP contribution >= 0.6 is 0 Å². The minimum absolute atomic E-state index is 0.0323. The molecule has 0 spiro atoms. The summed E-state index contributed by atoms with van der Waals surface area (Å²) < 4.78 is 33.1. The molecule has 7 heteroatoms. The molecule has 0 bridgehead atoms. The van der Waals surface area contributed by atoms with Gasteiger partial charge in [0.25, 0.3) is 5.91 Å². The van der Waals surface area contributed by atoms with Gasteiger partial charge in [-0.3, -0.25) is 4.79 Å². The van der Waals surface area contributed by atoms with Crippen molar-refractivity contribution in [3.05, 3.63) is 59.2 Å². The predicted octanol–water partition coefficient (Wildman–Crippen LogP) is 3.05. The summed E-state index contributed by atoms with van der Waals surface area (Å²) in [6, 6.07) is 12.4. The largest absolute Gasteiger partial charge is 0.495 e. The summed E-state index contributed by atoms with van der Waals surface area (Å²) in [5, 5.41) is 3.02. The summed E-state index contributed by atoms with van der Waals surface area (Å²) in [6.07, 6.45) is 1.75. The number of aryl methyl sites for hydroxylation is 1. The fourth-order valence-corrected chi connectivity index (χ4v) is 4.74. The molecule has 1 aliphatic carbocycles. The predicted molar refractivity (Wildman–Crippen MR) is 108 cm³/mol. The van der Waals surface area contributed by atoms with Gasteiger partial charge in [0, 0.05) is 12.1 Å². The molecule has 2 aromatic carbocycles. The maximum absolute atomic E-state index is 12.8. The fourth-order valence-electron chi connectivity index (χ4n) is 3.33. The molecule has 0 heterocycles. The first kappa shape index (κ1) is 20.4. The molecule has 3 rings (SSSR count). The summed E-state index contributed by atoms with van der Waals surface area (Å²) in [6.45, 7) is 4.15. The summed E-state index contributed by atoms with van der Waals surface area (Å²) in [5.41, 5.74) is 2.65. The number of nitrogens with one attached hydrogen (secondary N) is 2. The second-order valence-corrected chi connectivity index (χ2v) is 9.11. The van der Waals surface area contributed by atoms with Gasteiger partial charge in [-0.05, 0) is 48.1 Å². The smallest absolute Gasteiger partial charge is 0.251 e. The monoisotopic (exact) mass is 402 g/mol. The minimum atomic E-state index is -3.79. The number of benzene rings is 2. The first-order valence-corrected chi connectivity index (χ1v) is 10.9. The van der Waals surface area contributed by atoms with Crippen LogP contribution in [-0.4, -0.2) is 28.0 Å². The molecule has 1 atom stereocenters. The molecule has 28 heavy (non-hydrogen) atoms. The number of rotatable bonds is 7. The number of amides is 1. The molecule has 0 aromatic heterocycles. The molecule has 6 nitrogen and oxygen atoms in total. The number of hydrogen-bond donors (Lipinski definition) is 2. The molecule has 0 radical (unpaired) electrons. The van der Waals surface area contributed by atoms with E-state index in [4.69, 9.17) is 4.74 Å². The normalized spacial score (nSPS) is 16.1. The van der Waals surface area contributed by atoms with Crippen LogP contribution in [0.5, 0.6) is 5.75 Å². The highest BCUT2D eigenvalue weighted by molar-refractivity contribution is 7.89. The second-order valence-electron chi connectivity index (χ2n) is 7.37. The third-order valence-electron chi connectivity index (χ3n) is 4.84. The van der Waals surface area contributed by atoms with Crippen LogP contribution < -0.4 is 14.8 Å². The van der Waals surface area contributed by atoms with E-state index in [-0.39, 0.29) is 34.1 Å². The number of sulfonamides is 1. The molecule has 0 saturated heterocycles. The standard InChI is InChI=1S/C21H26N2O4S/c1-14(2)13-22-28(25,26)20-12-16(9-11-19(20)27-3)21(24)23-18-10-8-15-6-4-5-7-17(15)18/h4-7,9,11-12,14,18,22H,8,10,13H2,1-3H3,(H,23,24). The van der Waals surface area contributed by atoms with Crippen molar-refractivity contribution in [2.24, 2.45) is 5.92 Å². The average molecular weight is 403 g/mol. The lowest BCUT2D eigenvalue weighted by atomic mass is 10.1. The van der Waals surface area contributed by atoms with Crippen molar-refractivity contribution >= 4 is 15.9 Å². The number of fused-ring (bicyclic) bond motifs is 1. The Kier molecular flexibility index (Phi) is 6.05. The van der Waals surface area contributed by atoms with Gasteiger partial charge in [-0.2, -0.15) is 0 Å². The lowest BCUT2D eigenvalue weighted by molar-refractivity contribution is 0.0936. The van der Waals surface area contributed by atoms with Crippen LogP contribution in [0.25, 0.3) is 0 Å². The van der Waals surface area contributed by atoms with Gasteiger partial charge in [0.1, 0.15) is 10.6 Å². The Balaban J connectivity index is 1.84. The van der Waals surface area contributed by atoms with Crippen molar-refractivity contribution < 1.29 is 17.9 Å². The first-order chi connectivity index (χ1) is 13.3. The van der Waals surface area contributed by atoms with Crippen LogP contribution in [0, 0.1) is 5.92 Å². The van der Waals surface area contributed by atoms with Gasteiger partial charge in [-0.15, -0.1) is 0 Å². The van der Waals surface area contributed by atoms with Gasteiger partial charge < -0.3 is 10.1 Å². The number of carbonyl (C=O) groups is 1. The fraction of sp³-hybridized carbons (Fsp3) is 0.381. The topological polar surface area (TPSA) is 84.5 Å². The first-order valence-electron chi connectivity index (χ1n) is 9.38. The van der Waals surface area contributed by atoms with Crippen molar-refractivity contribution in [3.63, 3.8) is 0 Å². The molecule has 150 valence electrons. The third-order valence-corrected chi connectivity index (χ3v) is 6.28. The molecule has 1 amide bonds. The van der Waals surface area contributed by atoms with Gasteiger partial charge in [0.15, 0.2) is 0 Å². The third kappa shape index (κ3) is 4.36. The Morgan fingerprint density at radius 1 is 1.21 bits per heavy atom. The molecular weight excluding hydrogens is 376 g/mol. The van der Waals surface area contributed by atoms with Crippen molar-refractivity contribution in [1.82, 2.24) is 10.0 Å². The van der Waals surface area contributed by atoms with E-state index in [0.717, 1.165) is 18.4 Å². The van der Waals surface area contributed by atoms with Gasteiger partial charge in [0.05, 0.1) is 13.2 Å². The van der Waals surface area contributed by atoms with E-state index >= 15 is 0 Å². The molecular formula is C21H26N2O4S. The maximum Gasteiger partial charge on any atom is 0.251 e. The van der Waals surface area contributed by atoms with E-state index in [1.807, 2.05) is 32.0 Å². The van der Waals surface area contributed by atoms with Gasteiger partial charge in [0.2, 0.25) is 10.0 Å². The van der Waals surface area contributed by atoms with E-state index in [1.165, 1.54) is 24.8 Å². The molecule has 0 fully saturated rings. The maximum atomic E-state index is 12.8. The Morgan fingerprint density at radius 2 is 1.96 bits per heavy atom. The summed E-state index contributed by atoms with van der Waals surface area (Å²) in [7, 11) is -2.38. The highest BCUT2D eigenvalue weighted by Gasteiger charge is 2.26.